The summed E-state index contributed by atoms with van der Waals surface area (Å²) in [5.74, 6) is -0.185. The number of carbonyl (C=O) groups is 1. The minimum Gasteiger partial charge on any atom is -0.399 e. The molecule has 0 fully saturated rings. The average molecular weight is 310 g/mol. The van der Waals surface area contributed by atoms with Crippen molar-refractivity contribution in [3.63, 3.8) is 0 Å². The van der Waals surface area contributed by atoms with Gasteiger partial charge in [-0.05, 0) is 11.1 Å². The Morgan fingerprint density at radius 1 is 1.00 bits per heavy atom. The van der Waals surface area contributed by atoms with Crippen LogP contribution in [0.4, 0.5) is 0 Å². The lowest BCUT2D eigenvalue weighted by Gasteiger charge is -2.05. The van der Waals surface area contributed by atoms with Crippen molar-refractivity contribution >= 4 is 12.0 Å². The lowest BCUT2D eigenvalue weighted by Crippen LogP contribution is -2.11. The van der Waals surface area contributed by atoms with Gasteiger partial charge in [0.1, 0.15) is 7.11 Å². The largest absolute Gasteiger partial charge is 0.399 e. The summed E-state index contributed by atoms with van der Waals surface area (Å²) in [5.41, 5.74) is 5.54. The van der Waals surface area contributed by atoms with Gasteiger partial charge < -0.3 is 4.84 Å². The zero-order valence-electron chi connectivity index (χ0n) is 13.0. The molecule has 0 aliphatic rings. The highest BCUT2D eigenvalue weighted by atomic mass is 16.6. The third kappa shape index (κ3) is 4.52. The summed E-state index contributed by atoms with van der Waals surface area (Å²) in [4.78, 5) is 21.9. The second-order valence-corrected chi connectivity index (χ2v) is 4.61. The summed E-state index contributed by atoms with van der Waals surface area (Å²) < 4.78 is 0. The molecule has 5 heteroatoms. The smallest absolute Gasteiger partial charge is 0.196 e. The van der Waals surface area contributed by atoms with Crippen LogP contribution in [0.5, 0.6) is 0 Å². The number of nitrogens with zero attached hydrogens (tertiary/aromatic N) is 1. The van der Waals surface area contributed by atoms with Crippen molar-refractivity contribution in [3.05, 3.63) is 71.9 Å². The van der Waals surface area contributed by atoms with Crippen molar-refractivity contribution in [2.75, 3.05) is 14.2 Å². The zero-order chi connectivity index (χ0) is 16.5. The first-order valence-electron chi connectivity index (χ1n) is 7.01. The van der Waals surface area contributed by atoms with Crippen LogP contribution in [0.1, 0.15) is 10.4 Å². The van der Waals surface area contributed by atoms with Gasteiger partial charge in [0.15, 0.2) is 5.78 Å². The van der Waals surface area contributed by atoms with Gasteiger partial charge in [0.05, 0.1) is 18.9 Å². The van der Waals surface area contributed by atoms with E-state index in [-0.39, 0.29) is 5.78 Å². The fraction of sp³-hybridized carbons (Fsp3) is 0.111. The lowest BCUT2D eigenvalue weighted by atomic mass is 10.00. The topological polar surface area (TPSA) is 59.9 Å². The Hall–Kier alpha value is -2.92. The Balaban J connectivity index is 2.23. The molecule has 0 saturated carbocycles. The van der Waals surface area contributed by atoms with E-state index in [1.807, 2.05) is 42.5 Å². The molecule has 1 N–H and O–H groups in total. The Morgan fingerprint density at radius 2 is 1.65 bits per heavy atom. The maximum atomic E-state index is 12.5. The number of benzene rings is 2. The van der Waals surface area contributed by atoms with Crippen LogP contribution in [0.25, 0.3) is 11.1 Å². The molecule has 2 aromatic rings. The highest BCUT2D eigenvalue weighted by Gasteiger charge is 2.11. The molecule has 118 valence electrons. The molecule has 0 aliphatic heterocycles. The number of nitrogens with one attached hydrogen (secondary N) is 1. The summed E-state index contributed by atoms with van der Waals surface area (Å²) in [6.45, 7) is 0. The molecule has 0 unspecified atom stereocenters. The number of hydroxylamine groups is 1. The summed E-state index contributed by atoms with van der Waals surface area (Å²) in [6.07, 6.45) is 2.76. The molecule has 0 spiro atoms. The molecule has 0 atom stereocenters. The number of ketones is 1. The van der Waals surface area contributed by atoms with Crippen molar-refractivity contribution in [1.29, 1.82) is 0 Å². The molecule has 0 amide bonds. The zero-order valence-corrected chi connectivity index (χ0v) is 13.0. The van der Waals surface area contributed by atoms with Gasteiger partial charge >= 0.3 is 0 Å². The van der Waals surface area contributed by atoms with E-state index in [4.69, 9.17) is 4.84 Å². The fourth-order valence-electron chi connectivity index (χ4n) is 2.00. The maximum absolute atomic E-state index is 12.5. The van der Waals surface area contributed by atoms with Crippen LogP contribution in [0.15, 0.2) is 71.5 Å². The summed E-state index contributed by atoms with van der Waals surface area (Å²) in [7, 11) is 2.87. The highest BCUT2D eigenvalue weighted by molar-refractivity contribution is 6.21. The molecule has 0 bridgehead atoms. The fourth-order valence-corrected chi connectivity index (χ4v) is 2.00. The van der Waals surface area contributed by atoms with Crippen molar-refractivity contribution in [2.24, 2.45) is 5.16 Å². The quantitative estimate of drug-likeness (QED) is 0.369. The van der Waals surface area contributed by atoms with E-state index >= 15 is 0 Å². The van der Waals surface area contributed by atoms with Gasteiger partial charge in [0.25, 0.3) is 0 Å². The van der Waals surface area contributed by atoms with E-state index < -0.39 is 0 Å². The SMILES string of the molecule is CO/N=C/C(=C\NOC)C(=O)c1ccc(-c2ccccc2)cc1. The third-order valence-electron chi connectivity index (χ3n) is 3.15. The Morgan fingerprint density at radius 3 is 2.26 bits per heavy atom. The van der Waals surface area contributed by atoms with Crippen molar-refractivity contribution in [2.45, 2.75) is 0 Å². The molecule has 23 heavy (non-hydrogen) atoms. The summed E-state index contributed by atoms with van der Waals surface area (Å²) in [6, 6.07) is 17.4. The predicted octanol–water partition coefficient (Wildman–Crippen LogP) is 3.20. The standard InChI is InChI=1S/C18H18N2O3/c1-22-19-12-17(13-20-23-2)18(21)16-10-8-15(9-11-16)14-6-4-3-5-7-14/h3-13,19H,1-2H3/b17-12+,20-13+. The van der Waals surface area contributed by atoms with Crippen LogP contribution in [-0.4, -0.2) is 26.2 Å². The van der Waals surface area contributed by atoms with Crippen molar-refractivity contribution in [3.8, 4) is 11.1 Å². The number of hydrogen-bond acceptors (Lipinski definition) is 5. The predicted molar refractivity (Wildman–Crippen MR) is 89.9 cm³/mol. The lowest BCUT2D eigenvalue weighted by molar-refractivity contribution is 0.102. The van der Waals surface area contributed by atoms with Crippen LogP contribution >= 0.6 is 0 Å². The summed E-state index contributed by atoms with van der Waals surface area (Å²) >= 11 is 0. The van der Waals surface area contributed by atoms with Crippen molar-refractivity contribution < 1.29 is 14.5 Å². The Kier molecular flexibility index (Phi) is 6.08. The van der Waals surface area contributed by atoms with E-state index in [2.05, 4.69) is 15.5 Å². The van der Waals surface area contributed by atoms with Gasteiger partial charge in [-0.3, -0.25) is 15.1 Å². The first-order chi connectivity index (χ1) is 11.3. The van der Waals surface area contributed by atoms with E-state index in [9.17, 15) is 4.79 Å². The van der Waals surface area contributed by atoms with E-state index in [1.165, 1.54) is 26.6 Å². The maximum Gasteiger partial charge on any atom is 0.196 e. The molecule has 0 saturated heterocycles. The van der Waals surface area contributed by atoms with Gasteiger partial charge in [0.2, 0.25) is 0 Å². The highest BCUT2D eigenvalue weighted by Crippen LogP contribution is 2.20. The van der Waals surface area contributed by atoms with Crippen LogP contribution in [0, 0.1) is 0 Å². The normalized spacial score (nSPS) is 11.5. The molecule has 2 rings (SSSR count). The first-order valence-corrected chi connectivity index (χ1v) is 7.01. The number of carbonyl (C=O) groups excluding carboxylic acids is 1. The number of oxime groups is 1. The van der Waals surface area contributed by atoms with Crippen LogP contribution in [0.2, 0.25) is 0 Å². The van der Waals surface area contributed by atoms with Gasteiger partial charge in [-0.1, -0.05) is 59.8 Å². The van der Waals surface area contributed by atoms with Crippen molar-refractivity contribution in [1.82, 2.24) is 5.48 Å². The molecule has 0 heterocycles. The van der Waals surface area contributed by atoms with E-state index in [0.717, 1.165) is 11.1 Å². The number of allylic oxidation sites excluding steroid dienone is 1. The third-order valence-corrected chi connectivity index (χ3v) is 3.15. The molecular formula is C18H18N2O3. The van der Waals surface area contributed by atoms with Crippen LogP contribution in [0.3, 0.4) is 0 Å². The van der Waals surface area contributed by atoms with Crippen LogP contribution in [-0.2, 0) is 9.68 Å². The van der Waals surface area contributed by atoms with Gasteiger partial charge in [-0.25, -0.2) is 0 Å². The minimum absolute atomic E-state index is 0.185. The second-order valence-electron chi connectivity index (χ2n) is 4.61. The first kappa shape index (κ1) is 16.5. The van der Waals surface area contributed by atoms with Gasteiger partial charge in [-0.2, -0.15) is 0 Å². The van der Waals surface area contributed by atoms with E-state index in [0.29, 0.717) is 11.1 Å². The molecule has 0 aliphatic carbocycles. The van der Waals surface area contributed by atoms with E-state index in [1.54, 1.807) is 12.1 Å². The molecule has 0 radical (unpaired) electrons. The molecule has 0 aromatic heterocycles. The van der Waals surface area contributed by atoms with Gasteiger partial charge in [-0.15, -0.1) is 0 Å². The molecule has 5 nitrogen and oxygen atoms in total. The number of hydrogen-bond donors (Lipinski definition) is 1. The molecular weight excluding hydrogens is 292 g/mol. The second kappa shape index (κ2) is 8.51. The van der Waals surface area contributed by atoms with Crippen LogP contribution < -0.4 is 5.48 Å². The number of Topliss-reactive ketones (excluding diaryl/α,β-unsaturated/α-hetero) is 1. The monoisotopic (exact) mass is 310 g/mol. The Bertz CT molecular complexity index is 692. The Labute approximate surface area is 135 Å². The minimum atomic E-state index is -0.185. The summed E-state index contributed by atoms with van der Waals surface area (Å²) in [5, 5.41) is 3.63. The number of rotatable bonds is 7. The average Bonchev–Trinajstić information content (AvgIpc) is 2.62. The van der Waals surface area contributed by atoms with Gasteiger partial charge in [0, 0.05) is 11.8 Å². The molecule has 2 aromatic carbocycles.